The van der Waals surface area contributed by atoms with Gasteiger partial charge in [0, 0.05) is 23.7 Å². The lowest BCUT2D eigenvalue weighted by atomic mass is 10.1. The van der Waals surface area contributed by atoms with Crippen molar-refractivity contribution in [1.82, 2.24) is 15.5 Å². The molecule has 1 aromatic carbocycles. The predicted octanol–water partition coefficient (Wildman–Crippen LogP) is 2.03. The van der Waals surface area contributed by atoms with Crippen LogP contribution in [0.15, 0.2) is 39.6 Å². The fraction of sp³-hybridized carbons (Fsp3) is 0.278. The molecule has 0 radical (unpaired) electrons. The zero-order valence-corrected chi connectivity index (χ0v) is 13.7. The second kappa shape index (κ2) is 6.70. The molecule has 0 atom stereocenters. The Labute approximate surface area is 138 Å². The smallest absolute Gasteiger partial charge is 0.251 e. The summed E-state index contributed by atoms with van der Waals surface area (Å²) in [5.74, 6) is 0.534. The van der Waals surface area contributed by atoms with E-state index in [2.05, 4.69) is 15.5 Å². The van der Waals surface area contributed by atoms with E-state index in [0.717, 1.165) is 16.5 Å². The molecule has 2 aromatic heterocycles. The van der Waals surface area contributed by atoms with Gasteiger partial charge in [0.1, 0.15) is 5.76 Å². The number of carbonyl (C=O) groups is 1. The molecule has 0 saturated carbocycles. The van der Waals surface area contributed by atoms with Crippen LogP contribution in [0.25, 0.3) is 10.9 Å². The SMILES string of the molecule is Cc1ccc2cc(CCNC(=O)Cc3cc(C)on3)c(=O)[nH]c2c1. The maximum Gasteiger partial charge on any atom is 0.251 e. The standard InChI is InChI=1S/C18H19N3O3/c1-11-3-4-13-9-14(18(23)20-16(13)7-11)5-6-19-17(22)10-15-8-12(2)24-21-15/h3-4,7-9H,5-6,10H2,1-2H3,(H,19,22)(H,20,23). The second-order valence-corrected chi connectivity index (χ2v) is 5.92. The van der Waals surface area contributed by atoms with Gasteiger partial charge in [-0.05, 0) is 43.4 Å². The molecule has 0 unspecified atom stereocenters. The molecule has 3 rings (SSSR count). The quantitative estimate of drug-likeness (QED) is 0.751. The summed E-state index contributed by atoms with van der Waals surface area (Å²) >= 11 is 0. The molecule has 3 aromatic rings. The number of aromatic amines is 1. The maximum absolute atomic E-state index is 12.1. The molecule has 124 valence electrons. The lowest BCUT2D eigenvalue weighted by Gasteiger charge is -2.06. The highest BCUT2D eigenvalue weighted by Gasteiger charge is 2.08. The van der Waals surface area contributed by atoms with Gasteiger partial charge in [0.15, 0.2) is 0 Å². The maximum atomic E-state index is 12.1. The minimum atomic E-state index is -0.142. The van der Waals surface area contributed by atoms with Crippen molar-refractivity contribution in [1.29, 1.82) is 0 Å². The molecule has 0 fully saturated rings. The van der Waals surface area contributed by atoms with Crippen LogP contribution in [0.4, 0.5) is 0 Å². The number of fused-ring (bicyclic) bond motifs is 1. The number of benzene rings is 1. The van der Waals surface area contributed by atoms with Crippen LogP contribution < -0.4 is 10.9 Å². The molecule has 1 amide bonds. The highest BCUT2D eigenvalue weighted by atomic mass is 16.5. The Kier molecular flexibility index (Phi) is 4.46. The highest BCUT2D eigenvalue weighted by molar-refractivity contribution is 5.80. The average Bonchev–Trinajstić information content (AvgIpc) is 2.93. The lowest BCUT2D eigenvalue weighted by Crippen LogP contribution is -2.28. The molecule has 6 nitrogen and oxygen atoms in total. The van der Waals surface area contributed by atoms with E-state index in [1.807, 2.05) is 31.2 Å². The average molecular weight is 325 g/mol. The Balaban J connectivity index is 1.61. The predicted molar refractivity (Wildman–Crippen MR) is 91.0 cm³/mol. The summed E-state index contributed by atoms with van der Waals surface area (Å²) in [6, 6.07) is 9.54. The summed E-state index contributed by atoms with van der Waals surface area (Å²) in [5.41, 5.74) is 3.07. The molecule has 2 heterocycles. The zero-order valence-electron chi connectivity index (χ0n) is 13.7. The summed E-state index contributed by atoms with van der Waals surface area (Å²) in [6.45, 7) is 4.16. The van der Waals surface area contributed by atoms with Crippen LogP contribution in [-0.4, -0.2) is 22.6 Å². The van der Waals surface area contributed by atoms with Crippen molar-refractivity contribution in [2.75, 3.05) is 6.54 Å². The molecular weight excluding hydrogens is 306 g/mol. The summed E-state index contributed by atoms with van der Waals surface area (Å²) in [6.07, 6.45) is 0.646. The Morgan fingerprint density at radius 1 is 1.25 bits per heavy atom. The number of hydrogen-bond donors (Lipinski definition) is 2. The minimum absolute atomic E-state index is 0.116. The number of hydrogen-bond acceptors (Lipinski definition) is 4. The summed E-state index contributed by atoms with van der Waals surface area (Å²) in [7, 11) is 0. The van der Waals surface area contributed by atoms with Crippen molar-refractivity contribution < 1.29 is 9.32 Å². The Morgan fingerprint density at radius 2 is 2.08 bits per heavy atom. The number of carbonyl (C=O) groups excluding carboxylic acids is 1. The summed E-state index contributed by atoms with van der Waals surface area (Å²) < 4.78 is 4.93. The number of aryl methyl sites for hydroxylation is 2. The van der Waals surface area contributed by atoms with Crippen LogP contribution in [0.1, 0.15) is 22.6 Å². The number of nitrogens with zero attached hydrogens (tertiary/aromatic N) is 1. The molecule has 24 heavy (non-hydrogen) atoms. The third kappa shape index (κ3) is 3.71. The number of pyridine rings is 1. The molecule has 0 aliphatic carbocycles. The van der Waals surface area contributed by atoms with Crippen molar-refractivity contribution in [3.63, 3.8) is 0 Å². The number of aromatic nitrogens is 2. The van der Waals surface area contributed by atoms with Crippen molar-refractivity contribution in [2.45, 2.75) is 26.7 Å². The first-order valence-electron chi connectivity index (χ1n) is 7.83. The van der Waals surface area contributed by atoms with Gasteiger partial charge in [0.2, 0.25) is 5.91 Å². The number of H-pyrrole nitrogens is 1. The summed E-state index contributed by atoms with van der Waals surface area (Å²) in [4.78, 5) is 26.9. The van der Waals surface area contributed by atoms with Gasteiger partial charge in [-0.3, -0.25) is 9.59 Å². The van der Waals surface area contributed by atoms with Gasteiger partial charge in [0.05, 0.1) is 12.1 Å². The van der Waals surface area contributed by atoms with Crippen molar-refractivity contribution in [3.05, 3.63) is 63.3 Å². The first-order chi connectivity index (χ1) is 11.5. The van der Waals surface area contributed by atoms with Gasteiger partial charge in [-0.1, -0.05) is 17.3 Å². The fourth-order valence-corrected chi connectivity index (χ4v) is 2.61. The van der Waals surface area contributed by atoms with Crippen molar-refractivity contribution in [3.8, 4) is 0 Å². The van der Waals surface area contributed by atoms with Gasteiger partial charge in [-0.15, -0.1) is 0 Å². The normalized spacial score (nSPS) is 10.9. The second-order valence-electron chi connectivity index (χ2n) is 5.92. The molecule has 0 bridgehead atoms. The third-order valence-corrected chi connectivity index (χ3v) is 3.81. The molecule has 0 aliphatic heterocycles. The minimum Gasteiger partial charge on any atom is -0.361 e. The van der Waals surface area contributed by atoms with Gasteiger partial charge >= 0.3 is 0 Å². The van der Waals surface area contributed by atoms with Crippen LogP contribution in [0, 0.1) is 13.8 Å². The molecule has 6 heteroatoms. The zero-order chi connectivity index (χ0) is 17.1. The molecule has 0 aliphatic rings. The highest BCUT2D eigenvalue weighted by Crippen LogP contribution is 2.13. The van der Waals surface area contributed by atoms with E-state index in [0.29, 0.717) is 30.0 Å². The van der Waals surface area contributed by atoms with Crippen LogP contribution in [0.5, 0.6) is 0 Å². The van der Waals surface area contributed by atoms with Crippen molar-refractivity contribution in [2.24, 2.45) is 0 Å². The topological polar surface area (TPSA) is 88.0 Å². The molecule has 0 saturated heterocycles. The van der Waals surface area contributed by atoms with Crippen LogP contribution >= 0.6 is 0 Å². The Hall–Kier alpha value is -2.89. The first kappa shape index (κ1) is 16.0. The number of nitrogens with one attached hydrogen (secondary N) is 2. The largest absolute Gasteiger partial charge is 0.361 e. The van der Waals surface area contributed by atoms with Gasteiger partial charge < -0.3 is 14.8 Å². The third-order valence-electron chi connectivity index (χ3n) is 3.81. The van der Waals surface area contributed by atoms with E-state index in [4.69, 9.17) is 4.52 Å². The molecular formula is C18H19N3O3. The Morgan fingerprint density at radius 3 is 2.83 bits per heavy atom. The first-order valence-corrected chi connectivity index (χ1v) is 7.83. The summed E-state index contributed by atoms with van der Waals surface area (Å²) in [5, 5.41) is 7.57. The van der Waals surface area contributed by atoms with Gasteiger partial charge in [0.25, 0.3) is 5.56 Å². The van der Waals surface area contributed by atoms with Crippen LogP contribution in [0.3, 0.4) is 0 Å². The van der Waals surface area contributed by atoms with E-state index in [1.165, 1.54) is 0 Å². The molecule has 2 N–H and O–H groups in total. The van der Waals surface area contributed by atoms with Gasteiger partial charge in [-0.25, -0.2) is 0 Å². The van der Waals surface area contributed by atoms with E-state index in [1.54, 1.807) is 13.0 Å². The fourth-order valence-electron chi connectivity index (χ4n) is 2.61. The lowest BCUT2D eigenvalue weighted by molar-refractivity contribution is -0.120. The monoisotopic (exact) mass is 325 g/mol. The van der Waals surface area contributed by atoms with E-state index in [-0.39, 0.29) is 17.9 Å². The van der Waals surface area contributed by atoms with E-state index < -0.39 is 0 Å². The Bertz CT molecular complexity index is 940. The van der Waals surface area contributed by atoms with Crippen LogP contribution in [0.2, 0.25) is 0 Å². The molecule has 0 spiro atoms. The van der Waals surface area contributed by atoms with E-state index in [9.17, 15) is 9.59 Å². The van der Waals surface area contributed by atoms with Crippen LogP contribution in [-0.2, 0) is 17.6 Å². The van der Waals surface area contributed by atoms with Crippen molar-refractivity contribution >= 4 is 16.8 Å². The number of amides is 1. The van der Waals surface area contributed by atoms with E-state index >= 15 is 0 Å². The number of rotatable bonds is 5. The van der Waals surface area contributed by atoms with Gasteiger partial charge in [-0.2, -0.15) is 0 Å².